The van der Waals surface area contributed by atoms with Crippen LogP contribution in [0.4, 0.5) is 18.9 Å². The Hall–Kier alpha value is -2.38. The van der Waals surface area contributed by atoms with Crippen molar-refractivity contribution in [3.8, 4) is 0 Å². The summed E-state index contributed by atoms with van der Waals surface area (Å²) in [5.74, 6) is 0. The molecule has 0 spiro atoms. The van der Waals surface area contributed by atoms with Gasteiger partial charge in [0, 0.05) is 18.3 Å². The molecule has 2 rings (SSSR count). The molecule has 0 amide bonds. The largest absolute Gasteiger partial charge is 0.435 e. The van der Waals surface area contributed by atoms with Crippen LogP contribution in [0.1, 0.15) is 11.3 Å². The second-order valence-corrected chi connectivity index (χ2v) is 3.82. The minimum absolute atomic E-state index is 0.0693. The highest BCUT2D eigenvalue weighted by Crippen LogP contribution is 2.27. The lowest BCUT2D eigenvalue weighted by molar-refractivity contribution is -0.384. The fraction of sp³-hybridized carbons (Fsp3) is 0.182. The zero-order valence-corrected chi connectivity index (χ0v) is 9.46. The summed E-state index contributed by atoms with van der Waals surface area (Å²) in [5.41, 5.74) is -0.406. The molecule has 5 nitrogen and oxygen atoms in total. The first kappa shape index (κ1) is 13.1. The Morgan fingerprint density at radius 1 is 1.21 bits per heavy atom. The molecule has 19 heavy (non-hydrogen) atoms. The average molecular weight is 271 g/mol. The van der Waals surface area contributed by atoms with E-state index in [1.165, 1.54) is 30.5 Å². The zero-order valence-electron chi connectivity index (χ0n) is 9.46. The molecule has 1 heterocycles. The van der Waals surface area contributed by atoms with Gasteiger partial charge in [-0.15, -0.1) is 0 Å². The lowest BCUT2D eigenvalue weighted by atomic mass is 10.2. The number of aromatic nitrogens is 2. The second kappa shape index (κ2) is 4.71. The van der Waals surface area contributed by atoms with E-state index in [0.29, 0.717) is 5.56 Å². The van der Waals surface area contributed by atoms with E-state index < -0.39 is 16.8 Å². The summed E-state index contributed by atoms with van der Waals surface area (Å²) in [7, 11) is 0. The SMILES string of the molecule is O=[N+]([O-])c1ccc(Cn2ccc(C(F)(F)F)n2)cc1. The average Bonchev–Trinajstić information content (AvgIpc) is 2.78. The van der Waals surface area contributed by atoms with E-state index in [1.807, 2.05) is 0 Å². The summed E-state index contributed by atoms with van der Waals surface area (Å²) < 4.78 is 38.1. The number of nitro benzene ring substituents is 1. The minimum atomic E-state index is -4.47. The molecule has 1 aromatic heterocycles. The quantitative estimate of drug-likeness (QED) is 0.637. The molecule has 0 aliphatic heterocycles. The third kappa shape index (κ3) is 3.09. The fourth-order valence-electron chi connectivity index (χ4n) is 1.51. The molecule has 0 aliphatic carbocycles. The normalized spacial score (nSPS) is 11.5. The van der Waals surface area contributed by atoms with Gasteiger partial charge in [0.2, 0.25) is 0 Å². The maximum absolute atomic E-state index is 12.3. The van der Waals surface area contributed by atoms with Gasteiger partial charge in [0.25, 0.3) is 5.69 Å². The Labute approximate surface area is 105 Å². The number of hydrogen-bond acceptors (Lipinski definition) is 3. The molecule has 0 unspecified atom stereocenters. The molecule has 1 aromatic carbocycles. The Kier molecular flexibility index (Phi) is 3.24. The predicted octanol–water partition coefficient (Wildman–Crippen LogP) is 2.86. The maximum atomic E-state index is 12.3. The summed E-state index contributed by atoms with van der Waals surface area (Å²) in [6.07, 6.45) is -3.26. The van der Waals surface area contributed by atoms with Crippen molar-refractivity contribution in [3.05, 3.63) is 57.9 Å². The van der Waals surface area contributed by atoms with Crippen molar-refractivity contribution < 1.29 is 18.1 Å². The summed E-state index contributed by atoms with van der Waals surface area (Å²) in [6.45, 7) is 0.119. The number of nitrogens with zero attached hydrogens (tertiary/aromatic N) is 3. The van der Waals surface area contributed by atoms with Gasteiger partial charge >= 0.3 is 6.18 Å². The zero-order chi connectivity index (χ0) is 14.0. The summed E-state index contributed by atoms with van der Waals surface area (Å²) in [4.78, 5) is 9.91. The minimum Gasteiger partial charge on any atom is -0.268 e. The van der Waals surface area contributed by atoms with Crippen molar-refractivity contribution in [3.63, 3.8) is 0 Å². The lowest BCUT2D eigenvalue weighted by Crippen LogP contribution is -2.08. The van der Waals surface area contributed by atoms with E-state index in [-0.39, 0.29) is 12.2 Å². The Bertz CT molecular complexity index is 590. The van der Waals surface area contributed by atoms with E-state index in [9.17, 15) is 23.3 Å². The van der Waals surface area contributed by atoms with Gasteiger partial charge in [-0.05, 0) is 11.6 Å². The van der Waals surface area contributed by atoms with Crippen molar-refractivity contribution in [2.75, 3.05) is 0 Å². The lowest BCUT2D eigenvalue weighted by Gasteiger charge is -2.03. The molecule has 100 valence electrons. The predicted molar refractivity (Wildman–Crippen MR) is 59.4 cm³/mol. The van der Waals surface area contributed by atoms with E-state index in [0.717, 1.165) is 10.7 Å². The summed E-state index contributed by atoms with van der Waals surface area (Å²) in [6, 6.07) is 6.43. The number of alkyl halides is 3. The van der Waals surface area contributed by atoms with Gasteiger partial charge < -0.3 is 0 Å². The molecule has 0 saturated heterocycles. The standard InChI is InChI=1S/C11H8F3N3O2/c12-11(13,14)10-5-6-16(15-10)7-8-1-3-9(4-2-8)17(18)19/h1-6H,7H2. The third-order valence-corrected chi connectivity index (χ3v) is 2.42. The molecule has 2 aromatic rings. The molecule has 8 heteroatoms. The smallest absolute Gasteiger partial charge is 0.268 e. The number of benzene rings is 1. The van der Waals surface area contributed by atoms with E-state index >= 15 is 0 Å². The summed E-state index contributed by atoms with van der Waals surface area (Å²) >= 11 is 0. The molecular weight excluding hydrogens is 263 g/mol. The highest BCUT2D eigenvalue weighted by Gasteiger charge is 2.33. The molecule has 0 aliphatic rings. The Morgan fingerprint density at radius 2 is 1.84 bits per heavy atom. The first-order chi connectivity index (χ1) is 8.86. The first-order valence-electron chi connectivity index (χ1n) is 5.20. The number of rotatable bonds is 3. The van der Waals surface area contributed by atoms with Crippen LogP contribution < -0.4 is 0 Å². The van der Waals surface area contributed by atoms with E-state index in [4.69, 9.17) is 0 Å². The fourth-order valence-corrected chi connectivity index (χ4v) is 1.51. The van der Waals surface area contributed by atoms with Crippen LogP contribution in [0.5, 0.6) is 0 Å². The van der Waals surface area contributed by atoms with Crippen molar-refractivity contribution in [2.45, 2.75) is 12.7 Å². The Balaban J connectivity index is 2.13. The van der Waals surface area contributed by atoms with Crippen LogP contribution in [0.2, 0.25) is 0 Å². The van der Waals surface area contributed by atoms with E-state index in [1.54, 1.807) is 0 Å². The number of nitro groups is 1. The third-order valence-electron chi connectivity index (χ3n) is 2.42. The monoisotopic (exact) mass is 271 g/mol. The van der Waals surface area contributed by atoms with Gasteiger partial charge in [-0.1, -0.05) is 12.1 Å². The molecule has 0 radical (unpaired) electrons. The second-order valence-electron chi connectivity index (χ2n) is 3.82. The van der Waals surface area contributed by atoms with Gasteiger partial charge in [-0.3, -0.25) is 14.8 Å². The molecule has 0 saturated carbocycles. The van der Waals surface area contributed by atoms with Crippen LogP contribution >= 0.6 is 0 Å². The van der Waals surface area contributed by atoms with Gasteiger partial charge in [-0.2, -0.15) is 18.3 Å². The van der Waals surface area contributed by atoms with Crippen LogP contribution in [0.25, 0.3) is 0 Å². The topological polar surface area (TPSA) is 61.0 Å². The molecule has 0 fully saturated rings. The van der Waals surface area contributed by atoms with Gasteiger partial charge in [0.15, 0.2) is 5.69 Å². The van der Waals surface area contributed by atoms with Crippen LogP contribution in [0, 0.1) is 10.1 Å². The number of non-ortho nitro benzene ring substituents is 1. The molecule has 0 N–H and O–H groups in total. The maximum Gasteiger partial charge on any atom is 0.435 e. The van der Waals surface area contributed by atoms with Crippen LogP contribution in [0.15, 0.2) is 36.5 Å². The van der Waals surface area contributed by atoms with Gasteiger partial charge in [-0.25, -0.2) is 0 Å². The van der Waals surface area contributed by atoms with Crippen LogP contribution in [-0.4, -0.2) is 14.7 Å². The first-order valence-corrected chi connectivity index (χ1v) is 5.20. The van der Waals surface area contributed by atoms with Crippen molar-refractivity contribution in [1.82, 2.24) is 9.78 Å². The van der Waals surface area contributed by atoms with E-state index in [2.05, 4.69) is 5.10 Å². The number of halogens is 3. The van der Waals surface area contributed by atoms with Gasteiger partial charge in [0.05, 0.1) is 11.5 Å². The van der Waals surface area contributed by atoms with Crippen LogP contribution in [-0.2, 0) is 12.7 Å². The van der Waals surface area contributed by atoms with Crippen molar-refractivity contribution in [2.24, 2.45) is 0 Å². The Morgan fingerprint density at radius 3 is 2.32 bits per heavy atom. The van der Waals surface area contributed by atoms with Crippen LogP contribution in [0.3, 0.4) is 0 Å². The number of hydrogen-bond donors (Lipinski definition) is 0. The van der Waals surface area contributed by atoms with Crippen molar-refractivity contribution in [1.29, 1.82) is 0 Å². The highest BCUT2D eigenvalue weighted by molar-refractivity contribution is 5.32. The molecule has 0 bridgehead atoms. The van der Waals surface area contributed by atoms with Gasteiger partial charge in [0.1, 0.15) is 0 Å². The molecule has 0 atom stereocenters. The summed E-state index contributed by atoms with van der Waals surface area (Å²) in [5, 5.41) is 13.8. The molecular formula is C11H8F3N3O2. The van der Waals surface area contributed by atoms with Crippen molar-refractivity contribution >= 4 is 5.69 Å². The highest BCUT2D eigenvalue weighted by atomic mass is 19.4.